The molecule has 3 aromatic rings. The molecule has 2 aromatic heterocycles. The topological polar surface area (TPSA) is 17.8 Å². The molecule has 0 spiro atoms. The zero-order chi connectivity index (χ0) is 15.9. The van der Waals surface area contributed by atoms with Gasteiger partial charge < -0.3 is 4.57 Å². The molecule has 114 valence electrons. The molecule has 0 N–H and O–H groups in total. The lowest BCUT2D eigenvalue weighted by molar-refractivity contribution is 0.545. The van der Waals surface area contributed by atoms with Crippen LogP contribution in [0.15, 0.2) is 36.5 Å². The Labute approximate surface area is 138 Å². The number of fused-ring (bicyclic) bond motifs is 1. The summed E-state index contributed by atoms with van der Waals surface area (Å²) in [5, 5.41) is 1.52. The minimum Gasteiger partial charge on any atom is -0.329 e. The minimum atomic E-state index is -0.425. The molecule has 5 heteroatoms. The average Bonchev–Trinajstić information content (AvgIpc) is 2.88. The van der Waals surface area contributed by atoms with E-state index in [4.69, 9.17) is 23.2 Å². The van der Waals surface area contributed by atoms with Crippen molar-refractivity contribution >= 4 is 34.2 Å². The predicted octanol–water partition coefficient (Wildman–Crippen LogP) is 6.12. The summed E-state index contributed by atoms with van der Waals surface area (Å²) in [5.74, 6) is -0.425. The Kier molecular flexibility index (Phi) is 4.11. The summed E-state index contributed by atoms with van der Waals surface area (Å²) in [4.78, 5) is 4.44. The fourth-order valence-electron chi connectivity index (χ4n) is 2.53. The van der Waals surface area contributed by atoms with Gasteiger partial charge in [-0.05, 0) is 43.2 Å². The molecule has 0 aliphatic carbocycles. The molecule has 2 heterocycles. The number of halogens is 3. The van der Waals surface area contributed by atoms with E-state index >= 15 is 0 Å². The van der Waals surface area contributed by atoms with Crippen LogP contribution in [-0.4, -0.2) is 9.55 Å². The van der Waals surface area contributed by atoms with Crippen molar-refractivity contribution in [3.8, 4) is 11.1 Å². The summed E-state index contributed by atoms with van der Waals surface area (Å²) >= 11 is 11.8. The van der Waals surface area contributed by atoms with Gasteiger partial charge in [0.25, 0.3) is 0 Å². The van der Waals surface area contributed by atoms with Crippen LogP contribution in [0.2, 0.25) is 10.2 Å². The van der Waals surface area contributed by atoms with E-state index in [0.717, 1.165) is 28.6 Å². The maximum absolute atomic E-state index is 13.8. The van der Waals surface area contributed by atoms with Crippen molar-refractivity contribution in [2.45, 2.75) is 26.3 Å². The second kappa shape index (κ2) is 5.90. The lowest BCUT2D eigenvalue weighted by atomic mass is 10.1. The lowest BCUT2D eigenvalue weighted by Gasteiger charge is -2.11. The van der Waals surface area contributed by atoms with Crippen molar-refractivity contribution in [3.63, 3.8) is 0 Å². The zero-order valence-electron chi connectivity index (χ0n) is 12.3. The summed E-state index contributed by atoms with van der Waals surface area (Å²) in [6.45, 7) is 4.23. The van der Waals surface area contributed by atoms with E-state index in [9.17, 15) is 4.39 Å². The molecule has 22 heavy (non-hydrogen) atoms. The van der Waals surface area contributed by atoms with Gasteiger partial charge >= 0.3 is 0 Å². The van der Waals surface area contributed by atoms with Crippen LogP contribution in [0, 0.1) is 5.82 Å². The number of rotatable bonds is 3. The molecule has 0 amide bonds. The molecule has 0 aliphatic rings. The highest BCUT2D eigenvalue weighted by molar-refractivity contribution is 6.31. The normalized spacial score (nSPS) is 12.8. The number of hydrogen-bond acceptors (Lipinski definition) is 1. The van der Waals surface area contributed by atoms with Crippen LogP contribution in [0.25, 0.3) is 22.2 Å². The third kappa shape index (κ3) is 2.59. The summed E-state index contributed by atoms with van der Waals surface area (Å²) in [7, 11) is 0. The summed E-state index contributed by atoms with van der Waals surface area (Å²) in [6, 6.07) is 8.79. The summed E-state index contributed by atoms with van der Waals surface area (Å²) < 4.78 is 15.9. The molecule has 0 saturated carbocycles. The Morgan fingerprint density at radius 1 is 1.23 bits per heavy atom. The standard InChI is InChI=1S/C17H15Cl2FN2/c1-3-10(2)22-9-13(11-4-6-14(18)15(20)8-11)12-5-7-16(19)21-17(12)22/h4-10H,3H2,1-2H3/t10-/m0/s1. The van der Waals surface area contributed by atoms with Crippen LogP contribution in [-0.2, 0) is 0 Å². The van der Waals surface area contributed by atoms with Crippen LogP contribution in [0.1, 0.15) is 26.3 Å². The second-order valence-electron chi connectivity index (χ2n) is 5.34. The quantitative estimate of drug-likeness (QED) is 0.527. The smallest absolute Gasteiger partial charge is 0.142 e. The second-order valence-corrected chi connectivity index (χ2v) is 6.14. The van der Waals surface area contributed by atoms with E-state index < -0.39 is 5.82 Å². The number of nitrogens with zero attached hydrogens (tertiary/aromatic N) is 2. The first kappa shape index (κ1) is 15.3. The fourth-order valence-corrected chi connectivity index (χ4v) is 2.79. The van der Waals surface area contributed by atoms with Crippen molar-refractivity contribution in [1.29, 1.82) is 0 Å². The van der Waals surface area contributed by atoms with Gasteiger partial charge in [0, 0.05) is 23.2 Å². The SMILES string of the molecule is CC[C@H](C)n1cc(-c2ccc(Cl)c(F)c2)c2ccc(Cl)nc21. The first-order chi connectivity index (χ1) is 10.5. The van der Waals surface area contributed by atoms with Crippen LogP contribution >= 0.6 is 23.2 Å². The van der Waals surface area contributed by atoms with Gasteiger partial charge in [0.2, 0.25) is 0 Å². The Morgan fingerprint density at radius 2 is 2.00 bits per heavy atom. The number of pyridine rings is 1. The van der Waals surface area contributed by atoms with Crippen LogP contribution < -0.4 is 0 Å². The van der Waals surface area contributed by atoms with Gasteiger partial charge in [0.1, 0.15) is 16.6 Å². The highest BCUT2D eigenvalue weighted by Gasteiger charge is 2.16. The molecule has 0 bridgehead atoms. The van der Waals surface area contributed by atoms with Crippen molar-refractivity contribution < 1.29 is 4.39 Å². The van der Waals surface area contributed by atoms with Gasteiger partial charge in [-0.3, -0.25) is 0 Å². The van der Waals surface area contributed by atoms with Crippen molar-refractivity contribution in [2.75, 3.05) is 0 Å². The molecule has 2 nitrogen and oxygen atoms in total. The maximum Gasteiger partial charge on any atom is 0.142 e. The minimum absolute atomic E-state index is 0.121. The molecule has 0 radical (unpaired) electrons. The molecule has 3 rings (SSSR count). The highest BCUT2D eigenvalue weighted by Crippen LogP contribution is 2.34. The molecule has 0 saturated heterocycles. The summed E-state index contributed by atoms with van der Waals surface area (Å²) in [5.41, 5.74) is 2.51. The van der Waals surface area contributed by atoms with Crippen molar-refractivity contribution in [2.24, 2.45) is 0 Å². The molecular formula is C17H15Cl2FN2. The van der Waals surface area contributed by atoms with Crippen LogP contribution in [0.3, 0.4) is 0 Å². The Balaban J connectivity index is 2.27. The molecule has 0 fully saturated rings. The molecule has 0 aliphatic heterocycles. The van der Waals surface area contributed by atoms with Crippen LogP contribution in [0.5, 0.6) is 0 Å². The van der Waals surface area contributed by atoms with Crippen molar-refractivity contribution in [3.05, 3.63) is 52.5 Å². The molecular weight excluding hydrogens is 322 g/mol. The van der Waals surface area contributed by atoms with Gasteiger partial charge in [-0.1, -0.05) is 36.2 Å². The van der Waals surface area contributed by atoms with E-state index in [1.807, 2.05) is 18.3 Å². The van der Waals surface area contributed by atoms with E-state index in [0.29, 0.717) is 5.15 Å². The summed E-state index contributed by atoms with van der Waals surface area (Å²) in [6.07, 6.45) is 2.97. The van der Waals surface area contributed by atoms with E-state index in [1.54, 1.807) is 12.1 Å². The maximum atomic E-state index is 13.8. The molecule has 1 aromatic carbocycles. The lowest BCUT2D eigenvalue weighted by Crippen LogP contribution is -2.02. The first-order valence-corrected chi connectivity index (χ1v) is 7.89. The Hall–Kier alpha value is -1.58. The largest absolute Gasteiger partial charge is 0.329 e. The Bertz CT molecular complexity index is 842. The van der Waals surface area contributed by atoms with Crippen molar-refractivity contribution in [1.82, 2.24) is 9.55 Å². The highest BCUT2D eigenvalue weighted by atomic mass is 35.5. The third-order valence-corrected chi connectivity index (χ3v) is 4.46. The molecule has 0 unspecified atom stereocenters. The zero-order valence-corrected chi connectivity index (χ0v) is 13.8. The molecule has 1 atom stereocenters. The van der Waals surface area contributed by atoms with E-state index in [-0.39, 0.29) is 11.1 Å². The van der Waals surface area contributed by atoms with E-state index in [2.05, 4.69) is 23.4 Å². The van der Waals surface area contributed by atoms with Gasteiger partial charge in [-0.2, -0.15) is 0 Å². The predicted molar refractivity (Wildman–Crippen MR) is 90.1 cm³/mol. The van der Waals surface area contributed by atoms with Crippen LogP contribution in [0.4, 0.5) is 4.39 Å². The first-order valence-electron chi connectivity index (χ1n) is 7.13. The van der Waals surface area contributed by atoms with Gasteiger partial charge in [0.05, 0.1) is 5.02 Å². The average molecular weight is 337 g/mol. The third-order valence-electron chi connectivity index (χ3n) is 3.94. The van der Waals surface area contributed by atoms with E-state index in [1.165, 1.54) is 6.07 Å². The van der Waals surface area contributed by atoms with Gasteiger partial charge in [0.15, 0.2) is 0 Å². The van der Waals surface area contributed by atoms with Gasteiger partial charge in [-0.15, -0.1) is 0 Å². The fraction of sp³-hybridized carbons (Fsp3) is 0.235. The number of benzene rings is 1. The number of hydrogen-bond donors (Lipinski definition) is 0. The number of aromatic nitrogens is 2. The Morgan fingerprint density at radius 3 is 2.68 bits per heavy atom. The monoisotopic (exact) mass is 336 g/mol. The van der Waals surface area contributed by atoms with Gasteiger partial charge in [-0.25, -0.2) is 9.37 Å².